The van der Waals surface area contributed by atoms with Crippen molar-refractivity contribution in [3.63, 3.8) is 0 Å². The summed E-state index contributed by atoms with van der Waals surface area (Å²) in [6.07, 6.45) is -4.95. The maximum absolute atomic E-state index is 13.4. The smallest absolute Gasteiger partial charge is 0.419 e. The third kappa shape index (κ3) is 4.72. The molecule has 1 aromatic heterocycles. The van der Waals surface area contributed by atoms with Crippen molar-refractivity contribution in [2.24, 2.45) is 0 Å². The van der Waals surface area contributed by atoms with Gasteiger partial charge in [-0.25, -0.2) is 17.6 Å². The number of halogens is 4. The van der Waals surface area contributed by atoms with Crippen molar-refractivity contribution in [2.75, 3.05) is 33.3 Å². The van der Waals surface area contributed by atoms with Gasteiger partial charge in [0.05, 0.1) is 18.2 Å². The number of carbonyl (C=O) groups is 2. The molecule has 168 valence electrons. The summed E-state index contributed by atoms with van der Waals surface area (Å²) in [5.74, 6) is -2.92. The van der Waals surface area contributed by atoms with E-state index in [1.165, 1.54) is 23.5 Å². The van der Waals surface area contributed by atoms with Crippen molar-refractivity contribution in [2.45, 2.75) is 10.4 Å². The minimum Gasteiger partial charge on any atom is -0.465 e. The van der Waals surface area contributed by atoms with Gasteiger partial charge in [-0.15, -0.1) is 11.3 Å². The molecule has 0 unspecified atom stereocenters. The second-order valence-corrected chi connectivity index (χ2v) is 9.61. The third-order valence-corrected chi connectivity index (χ3v) is 7.95. The van der Waals surface area contributed by atoms with Gasteiger partial charge in [-0.1, -0.05) is 0 Å². The number of nitrogens with zero attached hydrogens (tertiary/aromatic N) is 2. The Morgan fingerprint density at radius 3 is 2.29 bits per heavy atom. The first-order valence-corrected chi connectivity index (χ1v) is 11.1. The van der Waals surface area contributed by atoms with Gasteiger partial charge in [-0.2, -0.15) is 17.5 Å². The average molecular weight is 480 g/mol. The molecule has 0 spiro atoms. The number of hydrogen-bond donors (Lipinski definition) is 0. The first kappa shape index (κ1) is 23.2. The molecule has 1 fully saturated rings. The van der Waals surface area contributed by atoms with Crippen LogP contribution in [-0.4, -0.2) is 62.8 Å². The Balaban J connectivity index is 1.71. The zero-order chi connectivity index (χ0) is 23.0. The van der Waals surface area contributed by atoms with Crippen LogP contribution in [0.15, 0.2) is 33.9 Å². The molecule has 0 N–H and O–H groups in total. The van der Waals surface area contributed by atoms with Crippen LogP contribution >= 0.6 is 11.3 Å². The molecule has 1 aliphatic rings. The molecule has 2 heterocycles. The largest absolute Gasteiger partial charge is 0.465 e. The number of piperazine rings is 1. The normalized spacial score (nSPS) is 15.7. The number of hydrogen-bond acceptors (Lipinski definition) is 6. The molecule has 0 atom stereocenters. The van der Waals surface area contributed by atoms with Crippen molar-refractivity contribution >= 4 is 33.2 Å². The number of rotatable bonds is 4. The van der Waals surface area contributed by atoms with Crippen LogP contribution in [-0.2, 0) is 20.9 Å². The lowest BCUT2D eigenvalue weighted by molar-refractivity contribution is -0.140. The average Bonchev–Trinajstić information content (AvgIpc) is 3.23. The van der Waals surface area contributed by atoms with E-state index in [2.05, 4.69) is 4.74 Å². The summed E-state index contributed by atoms with van der Waals surface area (Å²) >= 11 is 0.850. The molecule has 3 rings (SSSR count). The standard InChI is InChI=1S/C18H16F4N2O5S2/c1-29-17(26)12-9-15(30-10-12)31(27,28)24-6-4-23(5-7-24)16(25)11-2-3-14(19)13(8-11)18(20,21)22/h2-3,8-10H,4-7H2,1H3. The van der Waals surface area contributed by atoms with E-state index in [1.807, 2.05) is 0 Å². The predicted octanol–water partition coefficient (Wildman–Crippen LogP) is 2.84. The van der Waals surface area contributed by atoms with Gasteiger partial charge in [-0.3, -0.25) is 4.79 Å². The van der Waals surface area contributed by atoms with Crippen molar-refractivity contribution in [1.29, 1.82) is 0 Å². The van der Waals surface area contributed by atoms with Gasteiger partial charge in [0.1, 0.15) is 10.0 Å². The predicted molar refractivity (Wildman–Crippen MR) is 102 cm³/mol. The maximum atomic E-state index is 13.4. The summed E-state index contributed by atoms with van der Waals surface area (Å²) in [4.78, 5) is 25.3. The molecule has 7 nitrogen and oxygen atoms in total. The lowest BCUT2D eigenvalue weighted by Crippen LogP contribution is -2.50. The second-order valence-electron chi connectivity index (χ2n) is 6.53. The van der Waals surface area contributed by atoms with Gasteiger partial charge in [0, 0.05) is 37.1 Å². The number of methoxy groups -OCH3 is 1. The number of alkyl halides is 3. The molecule has 0 saturated carbocycles. The van der Waals surface area contributed by atoms with Crippen LogP contribution in [0.4, 0.5) is 17.6 Å². The summed E-state index contributed by atoms with van der Waals surface area (Å²) in [6, 6.07) is 3.17. The highest BCUT2D eigenvalue weighted by atomic mass is 32.2. The Bertz CT molecular complexity index is 1110. The van der Waals surface area contributed by atoms with Gasteiger partial charge >= 0.3 is 12.1 Å². The highest BCUT2D eigenvalue weighted by molar-refractivity contribution is 7.91. The van der Waals surface area contributed by atoms with E-state index in [0.29, 0.717) is 12.1 Å². The fourth-order valence-electron chi connectivity index (χ4n) is 2.99. The minimum absolute atomic E-state index is 0.0635. The van der Waals surface area contributed by atoms with E-state index >= 15 is 0 Å². The first-order valence-electron chi connectivity index (χ1n) is 8.78. The molecule has 0 bridgehead atoms. The number of thiophene rings is 1. The Hall–Kier alpha value is -2.51. The lowest BCUT2D eigenvalue weighted by Gasteiger charge is -2.33. The highest BCUT2D eigenvalue weighted by Crippen LogP contribution is 2.32. The Labute approximate surface area is 178 Å². The monoisotopic (exact) mass is 480 g/mol. The topological polar surface area (TPSA) is 84.0 Å². The Morgan fingerprint density at radius 2 is 1.71 bits per heavy atom. The number of benzene rings is 1. The number of sulfonamides is 1. The molecule has 0 radical (unpaired) electrons. The SMILES string of the molecule is COC(=O)c1csc(S(=O)(=O)N2CCN(C(=O)c3ccc(F)c(C(F)(F)F)c3)CC2)c1. The summed E-state index contributed by atoms with van der Waals surface area (Å²) in [5.41, 5.74) is -1.79. The van der Waals surface area contributed by atoms with Crippen LogP contribution in [0.1, 0.15) is 26.3 Å². The Kier molecular flexibility index (Phi) is 6.39. The molecule has 1 saturated heterocycles. The Morgan fingerprint density at radius 1 is 1.06 bits per heavy atom. The molecule has 1 aromatic carbocycles. The van der Waals surface area contributed by atoms with Crippen molar-refractivity contribution in [1.82, 2.24) is 9.21 Å². The molecule has 2 aromatic rings. The zero-order valence-electron chi connectivity index (χ0n) is 16.0. The van der Waals surface area contributed by atoms with Gasteiger partial charge in [-0.05, 0) is 24.3 Å². The highest BCUT2D eigenvalue weighted by Gasteiger charge is 2.36. The first-order chi connectivity index (χ1) is 14.4. The van der Waals surface area contributed by atoms with Crippen LogP contribution in [0.2, 0.25) is 0 Å². The molecule has 13 heteroatoms. The minimum atomic E-state index is -4.95. The summed E-state index contributed by atoms with van der Waals surface area (Å²) in [5, 5.41) is 1.35. The van der Waals surface area contributed by atoms with Crippen LogP contribution < -0.4 is 0 Å². The molecular weight excluding hydrogens is 464 g/mol. The van der Waals surface area contributed by atoms with E-state index in [1.54, 1.807) is 0 Å². The zero-order valence-corrected chi connectivity index (χ0v) is 17.6. The fourth-order valence-corrected chi connectivity index (χ4v) is 5.72. The summed E-state index contributed by atoms with van der Waals surface area (Å²) in [6.45, 7) is -0.308. The molecule has 0 aliphatic carbocycles. The van der Waals surface area contributed by atoms with Crippen molar-refractivity contribution in [3.8, 4) is 0 Å². The van der Waals surface area contributed by atoms with Gasteiger partial charge in [0.2, 0.25) is 0 Å². The maximum Gasteiger partial charge on any atom is 0.419 e. The number of esters is 1. The molecular formula is C18H16F4N2O5S2. The van der Waals surface area contributed by atoms with Gasteiger partial charge < -0.3 is 9.64 Å². The quantitative estimate of drug-likeness (QED) is 0.497. The number of amides is 1. The number of carbonyl (C=O) groups excluding carboxylic acids is 2. The van der Waals surface area contributed by atoms with Gasteiger partial charge in [0.15, 0.2) is 0 Å². The number of ether oxygens (including phenoxy) is 1. The van der Waals surface area contributed by atoms with Gasteiger partial charge in [0.25, 0.3) is 15.9 Å². The van der Waals surface area contributed by atoms with Crippen LogP contribution in [0.5, 0.6) is 0 Å². The molecule has 1 amide bonds. The second kappa shape index (κ2) is 8.55. The molecule has 1 aliphatic heterocycles. The van der Waals surface area contributed by atoms with E-state index in [0.717, 1.165) is 21.7 Å². The van der Waals surface area contributed by atoms with Crippen LogP contribution in [0.25, 0.3) is 0 Å². The third-order valence-electron chi connectivity index (χ3n) is 4.64. The summed E-state index contributed by atoms with van der Waals surface area (Å²) < 4.78 is 83.2. The summed E-state index contributed by atoms with van der Waals surface area (Å²) in [7, 11) is -2.75. The van der Waals surface area contributed by atoms with Crippen LogP contribution in [0, 0.1) is 5.82 Å². The lowest BCUT2D eigenvalue weighted by atomic mass is 10.1. The van der Waals surface area contributed by atoms with Crippen LogP contribution in [0.3, 0.4) is 0 Å². The van der Waals surface area contributed by atoms with Crippen molar-refractivity contribution < 1.29 is 40.3 Å². The van der Waals surface area contributed by atoms with E-state index in [9.17, 15) is 35.6 Å². The van der Waals surface area contributed by atoms with E-state index < -0.39 is 39.5 Å². The fraction of sp³-hybridized carbons (Fsp3) is 0.333. The van der Waals surface area contributed by atoms with Crippen molar-refractivity contribution in [3.05, 3.63) is 52.2 Å². The van der Waals surface area contributed by atoms with E-state index in [4.69, 9.17) is 0 Å². The van der Waals surface area contributed by atoms with E-state index in [-0.39, 0.29) is 41.5 Å². The molecule has 31 heavy (non-hydrogen) atoms.